The Balaban J connectivity index is 2.49. The number of hydrogen-bond donors (Lipinski definition) is 1. The van der Waals surface area contributed by atoms with Crippen LogP contribution in [-0.4, -0.2) is 18.4 Å². The number of nitrogens with one attached hydrogen (secondary N) is 1. The molecule has 1 rings (SSSR count). The molecule has 1 amide bonds. The normalized spacial score (nSPS) is 13.0. The largest absolute Gasteiger partial charge is 0.437 e. The highest BCUT2D eigenvalue weighted by Gasteiger charge is 2.39. The van der Waals surface area contributed by atoms with Gasteiger partial charge in [0.25, 0.3) is 0 Å². The van der Waals surface area contributed by atoms with Crippen LogP contribution in [0.25, 0.3) is 0 Å². The molecule has 0 saturated heterocycles. The number of carbonyl (C=O) groups excluding carboxylic acids is 1. The van der Waals surface area contributed by atoms with Crippen molar-refractivity contribution in [1.82, 2.24) is 0 Å². The molecule has 0 spiro atoms. The maximum atomic E-state index is 12.0. The highest BCUT2D eigenvalue weighted by molar-refractivity contribution is 5.84. The first kappa shape index (κ1) is 12.4. The van der Waals surface area contributed by atoms with Gasteiger partial charge in [0.05, 0.1) is 0 Å². The van der Waals surface area contributed by atoms with Gasteiger partial charge in [0, 0.05) is 5.69 Å². The van der Waals surface area contributed by atoms with Crippen molar-refractivity contribution in [2.45, 2.75) is 19.2 Å². The van der Waals surface area contributed by atoms with Crippen LogP contribution in [-0.2, 0) is 4.74 Å². The Morgan fingerprint density at radius 1 is 1.31 bits per heavy atom. The molecule has 0 saturated carbocycles. The van der Waals surface area contributed by atoms with Gasteiger partial charge in [-0.05, 0) is 19.1 Å². The summed E-state index contributed by atoms with van der Waals surface area (Å²) in [6, 6.07) is 8.08. The van der Waals surface area contributed by atoms with Gasteiger partial charge in [-0.2, -0.15) is 13.2 Å². The van der Waals surface area contributed by atoms with Gasteiger partial charge in [-0.25, -0.2) is 4.79 Å². The molecule has 0 bridgehead atoms. The zero-order valence-corrected chi connectivity index (χ0v) is 8.41. The van der Waals surface area contributed by atoms with E-state index in [1.165, 1.54) is 0 Å². The number of anilines is 1. The van der Waals surface area contributed by atoms with E-state index < -0.39 is 18.4 Å². The molecule has 1 aromatic rings. The second-order valence-electron chi connectivity index (χ2n) is 3.08. The van der Waals surface area contributed by atoms with E-state index in [-0.39, 0.29) is 0 Å². The van der Waals surface area contributed by atoms with E-state index in [0.29, 0.717) is 5.69 Å². The Labute approximate surface area is 90.2 Å². The number of ether oxygens (including phenoxy) is 1. The smallest absolute Gasteiger partial charge is 0.425 e. The van der Waals surface area contributed by atoms with Crippen molar-refractivity contribution < 1.29 is 22.7 Å². The van der Waals surface area contributed by atoms with Crippen molar-refractivity contribution >= 4 is 11.8 Å². The van der Waals surface area contributed by atoms with E-state index in [0.717, 1.165) is 6.92 Å². The van der Waals surface area contributed by atoms with Gasteiger partial charge in [0.2, 0.25) is 0 Å². The number of carbonyl (C=O) groups is 1. The van der Waals surface area contributed by atoms with Crippen molar-refractivity contribution in [1.29, 1.82) is 0 Å². The number of halogens is 3. The molecule has 0 radical (unpaired) electrons. The third-order valence-electron chi connectivity index (χ3n) is 1.76. The zero-order valence-electron chi connectivity index (χ0n) is 8.41. The van der Waals surface area contributed by atoms with E-state index in [1.807, 2.05) is 0 Å². The number of alkyl halides is 3. The lowest BCUT2D eigenvalue weighted by Gasteiger charge is -2.16. The standard InChI is InChI=1S/C10H10F3NO2/c1-7(10(11,12)13)16-9(15)14-8-5-3-2-4-6-8/h2-7H,1H3,(H,14,15). The zero-order chi connectivity index (χ0) is 12.2. The molecule has 0 aromatic heterocycles. The summed E-state index contributed by atoms with van der Waals surface area (Å²) < 4.78 is 40.3. The van der Waals surface area contributed by atoms with Gasteiger partial charge in [-0.1, -0.05) is 18.2 Å². The van der Waals surface area contributed by atoms with Crippen LogP contribution in [0.15, 0.2) is 30.3 Å². The Hall–Kier alpha value is -1.72. The Morgan fingerprint density at radius 2 is 1.88 bits per heavy atom. The first-order valence-electron chi connectivity index (χ1n) is 4.49. The third-order valence-corrected chi connectivity index (χ3v) is 1.76. The molecule has 16 heavy (non-hydrogen) atoms. The third kappa shape index (κ3) is 3.80. The SMILES string of the molecule is CC(OC(=O)Nc1ccccc1)C(F)(F)F. The minimum atomic E-state index is -4.55. The van der Waals surface area contributed by atoms with E-state index in [1.54, 1.807) is 30.3 Å². The summed E-state index contributed by atoms with van der Waals surface area (Å²) in [5.41, 5.74) is 0.377. The maximum Gasteiger partial charge on any atom is 0.425 e. The maximum absolute atomic E-state index is 12.0. The lowest BCUT2D eigenvalue weighted by Crippen LogP contribution is -2.32. The van der Waals surface area contributed by atoms with E-state index in [4.69, 9.17) is 0 Å². The van der Waals surface area contributed by atoms with Gasteiger partial charge < -0.3 is 4.74 Å². The monoisotopic (exact) mass is 233 g/mol. The molecule has 0 aliphatic heterocycles. The predicted octanol–water partition coefficient (Wildman–Crippen LogP) is 3.19. The predicted molar refractivity (Wildman–Crippen MR) is 52.1 cm³/mol. The lowest BCUT2D eigenvalue weighted by atomic mass is 10.3. The molecule has 1 aromatic carbocycles. The summed E-state index contributed by atoms with van der Waals surface area (Å²) in [4.78, 5) is 11.0. The first-order chi connectivity index (χ1) is 7.39. The highest BCUT2D eigenvalue weighted by Crippen LogP contribution is 2.22. The minimum absolute atomic E-state index is 0.377. The van der Waals surface area contributed by atoms with Crippen LogP contribution < -0.4 is 5.32 Å². The molecular formula is C10H10F3NO2. The molecule has 0 heterocycles. The van der Waals surface area contributed by atoms with Gasteiger partial charge in [0.15, 0.2) is 6.10 Å². The van der Waals surface area contributed by atoms with E-state index in [2.05, 4.69) is 10.1 Å². The fraction of sp³-hybridized carbons (Fsp3) is 0.300. The average Bonchev–Trinajstić information content (AvgIpc) is 2.17. The summed E-state index contributed by atoms with van der Waals surface area (Å²) in [6.07, 6.45) is -7.80. The number of benzene rings is 1. The molecular weight excluding hydrogens is 223 g/mol. The van der Waals surface area contributed by atoms with Gasteiger partial charge in [-0.15, -0.1) is 0 Å². The van der Waals surface area contributed by atoms with Crippen LogP contribution >= 0.6 is 0 Å². The quantitative estimate of drug-likeness (QED) is 0.851. The van der Waals surface area contributed by atoms with Crippen LogP contribution in [0.2, 0.25) is 0 Å². The Kier molecular flexibility index (Phi) is 3.76. The molecule has 88 valence electrons. The van der Waals surface area contributed by atoms with Crippen molar-refractivity contribution in [3.8, 4) is 0 Å². The molecule has 6 heteroatoms. The minimum Gasteiger partial charge on any atom is -0.437 e. The van der Waals surface area contributed by atoms with Gasteiger partial charge in [-0.3, -0.25) is 5.32 Å². The van der Waals surface area contributed by atoms with E-state index in [9.17, 15) is 18.0 Å². The van der Waals surface area contributed by atoms with Crippen LogP contribution in [0.1, 0.15) is 6.92 Å². The van der Waals surface area contributed by atoms with Crippen molar-refractivity contribution in [2.24, 2.45) is 0 Å². The second kappa shape index (κ2) is 4.87. The highest BCUT2D eigenvalue weighted by atomic mass is 19.4. The Morgan fingerprint density at radius 3 is 2.38 bits per heavy atom. The summed E-state index contributed by atoms with van der Waals surface area (Å²) in [6.45, 7) is 0.768. The second-order valence-corrected chi connectivity index (χ2v) is 3.08. The summed E-state index contributed by atoms with van der Waals surface area (Å²) >= 11 is 0. The Bertz CT molecular complexity index is 351. The van der Waals surface area contributed by atoms with Crippen molar-refractivity contribution in [3.05, 3.63) is 30.3 Å². The summed E-state index contributed by atoms with van der Waals surface area (Å²) in [7, 11) is 0. The fourth-order valence-electron chi connectivity index (χ4n) is 0.896. The first-order valence-corrected chi connectivity index (χ1v) is 4.49. The fourth-order valence-corrected chi connectivity index (χ4v) is 0.896. The molecule has 0 aliphatic carbocycles. The molecule has 3 nitrogen and oxygen atoms in total. The van der Waals surface area contributed by atoms with Crippen molar-refractivity contribution in [3.63, 3.8) is 0 Å². The van der Waals surface area contributed by atoms with Crippen LogP contribution in [0.3, 0.4) is 0 Å². The van der Waals surface area contributed by atoms with Crippen LogP contribution in [0.5, 0.6) is 0 Å². The molecule has 1 atom stereocenters. The van der Waals surface area contributed by atoms with Gasteiger partial charge >= 0.3 is 12.3 Å². The molecule has 0 aliphatic rings. The topological polar surface area (TPSA) is 38.3 Å². The summed E-state index contributed by atoms with van der Waals surface area (Å²) in [5.74, 6) is 0. The van der Waals surface area contributed by atoms with Crippen molar-refractivity contribution in [2.75, 3.05) is 5.32 Å². The molecule has 1 N–H and O–H groups in total. The average molecular weight is 233 g/mol. The van der Waals surface area contributed by atoms with E-state index >= 15 is 0 Å². The van der Waals surface area contributed by atoms with Gasteiger partial charge in [0.1, 0.15) is 0 Å². The van der Waals surface area contributed by atoms with Crippen LogP contribution in [0.4, 0.5) is 23.7 Å². The lowest BCUT2D eigenvalue weighted by molar-refractivity contribution is -0.196. The number of hydrogen-bond acceptors (Lipinski definition) is 2. The summed E-state index contributed by atoms with van der Waals surface area (Å²) in [5, 5.41) is 2.18. The molecule has 1 unspecified atom stereocenters. The number of amides is 1. The molecule has 0 fully saturated rings. The number of rotatable bonds is 2. The van der Waals surface area contributed by atoms with Crippen LogP contribution in [0, 0.1) is 0 Å². The number of para-hydroxylation sites is 1.